The van der Waals surface area contributed by atoms with Gasteiger partial charge in [-0.15, -0.1) is 0 Å². The van der Waals surface area contributed by atoms with Crippen LogP contribution >= 0.6 is 23.2 Å². The van der Waals surface area contributed by atoms with Crippen molar-refractivity contribution in [3.8, 4) is 5.75 Å². The summed E-state index contributed by atoms with van der Waals surface area (Å²) in [5.41, 5.74) is 0.824. The molecule has 1 heterocycles. The molecule has 0 bridgehead atoms. The van der Waals surface area contributed by atoms with E-state index in [1.165, 1.54) is 31.5 Å². The molecule has 5 nitrogen and oxygen atoms in total. The molecule has 2 aromatic rings. The van der Waals surface area contributed by atoms with E-state index in [9.17, 15) is 8.42 Å². The van der Waals surface area contributed by atoms with Crippen LogP contribution in [-0.2, 0) is 10.0 Å². The molecule has 21 heavy (non-hydrogen) atoms. The van der Waals surface area contributed by atoms with Gasteiger partial charge in [0.2, 0.25) is 0 Å². The normalized spacial score (nSPS) is 11.2. The maximum Gasteiger partial charge on any atom is 0.263 e. The molecule has 0 unspecified atom stereocenters. The summed E-state index contributed by atoms with van der Waals surface area (Å²) in [5, 5.41) is 0.494. The number of methoxy groups -OCH3 is 1. The minimum absolute atomic E-state index is 0.0104. The molecule has 8 heteroatoms. The Hall–Kier alpha value is -1.50. The second-order valence-corrected chi connectivity index (χ2v) is 6.68. The summed E-state index contributed by atoms with van der Waals surface area (Å²) in [6.07, 6.45) is 1.19. The summed E-state index contributed by atoms with van der Waals surface area (Å²) < 4.78 is 32.0. The summed E-state index contributed by atoms with van der Waals surface area (Å²) in [6.45, 7) is 1.68. The van der Waals surface area contributed by atoms with Crippen LogP contribution in [0, 0.1) is 6.92 Å². The number of anilines is 1. The monoisotopic (exact) mass is 346 g/mol. The molecule has 0 aliphatic rings. The number of nitrogens with one attached hydrogen (secondary N) is 1. The van der Waals surface area contributed by atoms with Gasteiger partial charge >= 0.3 is 0 Å². The molecule has 0 saturated heterocycles. The van der Waals surface area contributed by atoms with Crippen LogP contribution in [0.25, 0.3) is 0 Å². The van der Waals surface area contributed by atoms with Gasteiger partial charge in [0.05, 0.1) is 17.8 Å². The van der Waals surface area contributed by atoms with E-state index >= 15 is 0 Å². The average molecular weight is 347 g/mol. The van der Waals surface area contributed by atoms with E-state index in [-0.39, 0.29) is 20.8 Å². The fourth-order valence-corrected chi connectivity index (χ4v) is 3.07. The third-order valence-corrected chi connectivity index (χ3v) is 4.76. The highest BCUT2D eigenvalue weighted by Crippen LogP contribution is 2.28. The van der Waals surface area contributed by atoms with Crippen LogP contribution in [0.4, 0.5) is 5.69 Å². The Balaban J connectivity index is 2.35. The smallest absolute Gasteiger partial charge is 0.263 e. The van der Waals surface area contributed by atoms with Crippen LogP contribution in [0.3, 0.4) is 0 Å². The van der Waals surface area contributed by atoms with Crippen molar-refractivity contribution in [2.75, 3.05) is 11.8 Å². The first-order valence-corrected chi connectivity index (χ1v) is 8.06. The topological polar surface area (TPSA) is 68.3 Å². The lowest BCUT2D eigenvalue weighted by Gasteiger charge is -2.11. The first-order valence-electron chi connectivity index (χ1n) is 5.82. The van der Waals surface area contributed by atoms with Gasteiger partial charge in [-0.1, -0.05) is 23.2 Å². The van der Waals surface area contributed by atoms with E-state index in [0.29, 0.717) is 11.3 Å². The standard InChI is InChI=1S/C13H12Cl2N2O3S/c1-8-5-10(7-16-13(8)15)21(18,19)17-12-4-3-9(20-2)6-11(12)14/h3-7,17H,1-2H3. The van der Waals surface area contributed by atoms with Gasteiger partial charge in [0.15, 0.2) is 0 Å². The molecular formula is C13H12Cl2N2O3S. The number of rotatable bonds is 4. The molecule has 0 atom stereocenters. The SMILES string of the molecule is COc1ccc(NS(=O)(=O)c2cnc(Cl)c(C)c2)c(Cl)c1. The van der Waals surface area contributed by atoms with Crippen LogP contribution < -0.4 is 9.46 Å². The zero-order valence-electron chi connectivity index (χ0n) is 11.2. The number of benzene rings is 1. The highest BCUT2D eigenvalue weighted by Gasteiger charge is 2.17. The maximum atomic E-state index is 12.3. The number of ether oxygens (including phenoxy) is 1. The molecular weight excluding hydrogens is 335 g/mol. The van der Waals surface area contributed by atoms with Crippen molar-refractivity contribution in [2.45, 2.75) is 11.8 Å². The molecule has 0 amide bonds. The molecule has 112 valence electrons. The summed E-state index contributed by atoms with van der Waals surface area (Å²) in [5.74, 6) is 0.534. The molecule has 0 spiro atoms. The molecule has 0 radical (unpaired) electrons. The predicted molar refractivity (Wildman–Crippen MR) is 82.8 cm³/mol. The molecule has 1 aromatic heterocycles. The van der Waals surface area contributed by atoms with Crippen LogP contribution in [0.2, 0.25) is 10.2 Å². The van der Waals surface area contributed by atoms with Crippen molar-refractivity contribution < 1.29 is 13.2 Å². The van der Waals surface area contributed by atoms with E-state index in [4.69, 9.17) is 27.9 Å². The Labute approximate surface area is 132 Å². The van der Waals surface area contributed by atoms with E-state index in [1.54, 1.807) is 13.0 Å². The zero-order valence-corrected chi connectivity index (χ0v) is 13.6. The molecule has 0 fully saturated rings. The van der Waals surface area contributed by atoms with Crippen molar-refractivity contribution in [3.05, 3.63) is 46.2 Å². The fourth-order valence-electron chi connectivity index (χ4n) is 1.59. The van der Waals surface area contributed by atoms with Gasteiger partial charge in [0, 0.05) is 12.3 Å². The van der Waals surface area contributed by atoms with Gasteiger partial charge in [-0.3, -0.25) is 4.72 Å². The van der Waals surface area contributed by atoms with Gasteiger partial charge in [-0.2, -0.15) is 0 Å². The van der Waals surface area contributed by atoms with E-state index < -0.39 is 10.0 Å². The van der Waals surface area contributed by atoms with Crippen LogP contribution in [0.1, 0.15) is 5.56 Å². The van der Waals surface area contributed by atoms with E-state index in [1.807, 2.05) is 0 Å². The highest BCUT2D eigenvalue weighted by atomic mass is 35.5. The summed E-state index contributed by atoms with van der Waals surface area (Å²) in [7, 11) is -2.29. The third kappa shape index (κ3) is 3.58. The van der Waals surface area contributed by atoms with Crippen molar-refractivity contribution in [2.24, 2.45) is 0 Å². The molecule has 0 aliphatic carbocycles. The van der Waals surface area contributed by atoms with Crippen LogP contribution in [0.5, 0.6) is 5.75 Å². The summed E-state index contributed by atoms with van der Waals surface area (Å²) >= 11 is 11.8. The lowest BCUT2D eigenvalue weighted by Crippen LogP contribution is -2.14. The first kappa shape index (κ1) is 15.9. The molecule has 1 aromatic carbocycles. The number of nitrogens with zero attached hydrogens (tertiary/aromatic N) is 1. The quantitative estimate of drug-likeness (QED) is 0.860. The number of sulfonamides is 1. The van der Waals surface area contributed by atoms with Gasteiger partial charge in [-0.05, 0) is 30.7 Å². The Bertz CT molecular complexity index is 779. The second kappa shape index (κ2) is 6.09. The zero-order chi connectivity index (χ0) is 15.6. The fraction of sp³-hybridized carbons (Fsp3) is 0.154. The molecule has 0 aliphatic heterocycles. The van der Waals surface area contributed by atoms with Crippen molar-refractivity contribution in [1.29, 1.82) is 0 Å². The minimum atomic E-state index is -3.79. The molecule has 0 saturated carbocycles. The Kier molecular flexibility index (Phi) is 4.61. The number of pyridine rings is 1. The van der Waals surface area contributed by atoms with Crippen molar-refractivity contribution >= 4 is 38.9 Å². The predicted octanol–water partition coefficient (Wildman–Crippen LogP) is 3.51. The second-order valence-electron chi connectivity index (χ2n) is 4.23. The molecule has 2 rings (SSSR count). The first-order chi connectivity index (χ1) is 9.83. The molecule has 1 N–H and O–H groups in total. The third-order valence-electron chi connectivity index (χ3n) is 2.72. The average Bonchev–Trinajstić information content (AvgIpc) is 2.43. The lowest BCUT2D eigenvalue weighted by atomic mass is 10.3. The largest absolute Gasteiger partial charge is 0.497 e. The lowest BCUT2D eigenvalue weighted by molar-refractivity contribution is 0.415. The van der Waals surface area contributed by atoms with Crippen molar-refractivity contribution in [3.63, 3.8) is 0 Å². The Morgan fingerprint density at radius 2 is 1.95 bits per heavy atom. The Morgan fingerprint density at radius 3 is 2.52 bits per heavy atom. The van der Waals surface area contributed by atoms with Gasteiger partial charge in [0.25, 0.3) is 10.0 Å². The summed E-state index contributed by atoms with van der Waals surface area (Å²) in [4.78, 5) is 3.84. The number of aromatic nitrogens is 1. The number of hydrogen-bond acceptors (Lipinski definition) is 4. The van der Waals surface area contributed by atoms with Gasteiger partial charge in [-0.25, -0.2) is 13.4 Å². The summed E-state index contributed by atoms with van der Waals surface area (Å²) in [6, 6.07) is 6.09. The Morgan fingerprint density at radius 1 is 1.24 bits per heavy atom. The minimum Gasteiger partial charge on any atom is -0.497 e. The van der Waals surface area contributed by atoms with Crippen LogP contribution in [-0.4, -0.2) is 20.5 Å². The van der Waals surface area contributed by atoms with Crippen molar-refractivity contribution in [1.82, 2.24) is 4.98 Å². The number of hydrogen-bond donors (Lipinski definition) is 1. The number of halogens is 2. The van der Waals surface area contributed by atoms with E-state index in [2.05, 4.69) is 9.71 Å². The van der Waals surface area contributed by atoms with E-state index in [0.717, 1.165) is 0 Å². The van der Waals surface area contributed by atoms with Crippen LogP contribution in [0.15, 0.2) is 35.4 Å². The maximum absolute atomic E-state index is 12.3. The highest BCUT2D eigenvalue weighted by molar-refractivity contribution is 7.92. The van der Waals surface area contributed by atoms with Gasteiger partial charge in [0.1, 0.15) is 15.8 Å². The number of aryl methyl sites for hydroxylation is 1. The van der Waals surface area contributed by atoms with Gasteiger partial charge < -0.3 is 4.74 Å².